The zero-order valence-corrected chi connectivity index (χ0v) is 10.3. The average Bonchev–Trinajstić information content (AvgIpc) is 2.27. The molecule has 1 N–H and O–H groups in total. The summed E-state index contributed by atoms with van der Waals surface area (Å²) in [4.78, 5) is 4.23. The molecule has 0 fully saturated rings. The predicted octanol–water partition coefficient (Wildman–Crippen LogP) is 3.17. The van der Waals surface area contributed by atoms with Crippen LogP contribution in [0.1, 0.15) is 25.3 Å². The van der Waals surface area contributed by atoms with Crippen LogP contribution in [0.25, 0.3) is 0 Å². The molecule has 3 nitrogen and oxygen atoms in total. The molecule has 0 aliphatic rings. The van der Waals surface area contributed by atoms with E-state index < -0.39 is 0 Å². The largest absolute Gasteiger partial charge is 0.480 e. The molecule has 0 aromatic carbocycles. The second-order valence-corrected chi connectivity index (χ2v) is 3.98. The Labute approximate surface area is 97.5 Å². The van der Waals surface area contributed by atoms with Gasteiger partial charge in [0.25, 0.3) is 0 Å². The number of hydrogen-bond acceptors (Lipinski definition) is 3. The molecule has 1 aromatic rings. The third-order valence-electron chi connectivity index (χ3n) is 2.39. The van der Waals surface area contributed by atoms with Gasteiger partial charge in [0.05, 0.1) is 12.8 Å². The molecule has 0 amide bonds. The third-order valence-corrected chi connectivity index (χ3v) is 2.39. The van der Waals surface area contributed by atoms with Gasteiger partial charge in [0.1, 0.15) is 0 Å². The summed E-state index contributed by atoms with van der Waals surface area (Å²) in [6, 6.07) is 2.44. The number of methoxy groups -OCH3 is 1. The highest BCUT2D eigenvalue weighted by molar-refractivity contribution is 5.54. The van der Waals surface area contributed by atoms with Gasteiger partial charge in [-0.1, -0.05) is 6.08 Å². The van der Waals surface area contributed by atoms with E-state index in [4.69, 9.17) is 4.74 Å². The van der Waals surface area contributed by atoms with Crippen LogP contribution in [0.5, 0.6) is 5.88 Å². The number of pyridine rings is 1. The van der Waals surface area contributed by atoms with Gasteiger partial charge in [0.2, 0.25) is 5.88 Å². The lowest BCUT2D eigenvalue weighted by atomic mass is 10.1. The molecule has 0 saturated carbocycles. The normalized spacial score (nSPS) is 11.9. The van der Waals surface area contributed by atoms with Gasteiger partial charge in [-0.2, -0.15) is 0 Å². The van der Waals surface area contributed by atoms with Gasteiger partial charge in [-0.25, -0.2) is 4.98 Å². The molecule has 0 saturated heterocycles. The SMILES string of the molecule is C=CCCC(C)Nc1cc(C)cnc1OC. The third kappa shape index (κ3) is 3.57. The lowest BCUT2D eigenvalue weighted by Gasteiger charge is -2.16. The smallest absolute Gasteiger partial charge is 0.237 e. The fraction of sp³-hybridized carbons (Fsp3) is 0.462. The summed E-state index contributed by atoms with van der Waals surface area (Å²) in [5.41, 5.74) is 2.08. The van der Waals surface area contributed by atoms with Gasteiger partial charge in [-0.3, -0.25) is 0 Å². The van der Waals surface area contributed by atoms with Crippen LogP contribution in [0.2, 0.25) is 0 Å². The molecule has 0 spiro atoms. The van der Waals surface area contributed by atoms with Crippen molar-refractivity contribution >= 4 is 5.69 Å². The number of allylic oxidation sites excluding steroid dienone is 1. The first kappa shape index (κ1) is 12.6. The zero-order chi connectivity index (χ0) is 12.0. The van der Waals surface area contributed by atoms with Crippen LogP contribution in [-0.2, 0) is 0 Å². The van der Waals surface area contributed by atoms with Crippen LogP contribution >= 0.6 is 0 Å². The van der Waals surface area contributed by atoms with Crippen molar-refractivity contribution in [3.05, 3.63) is 30.5 Å². The molecule has 0 aliphatic carbocycles. The summed E-state index contributed by atoms with van der Waals surface area (Å²) < 4.78 is 5.21. The first-order valence-corrected chi connectivity index (χ1v) is 5.55. The van der Waals surface area contributed by atoms with Crippen LogP contribution in [-0.4, -0.2) is 18.1 Å². The Morgan fingerprint density at radius 1 is 1.62 bits per heavy atom. The molecule has 16 heavy (non-hydrogen) atoms. The van der Waals surface area contributed by atoms with Gasteiger partial charge in [-0.15, -0.1) is 6.58 Å². The lowest BCUT2D eigenvalue weighted by molar-refractivity contribution is 0.399. The molecule has 3 heteroatoms. The second-order valence-electron chi connectivity index (χ2n) is 3.98. The highest BCUT2D eigenvalue weighted by atomic mass is 16.5. The number of hydrogen-bond donors (Lipinski definition) is 1. The van der Waals surface area contributed by atoms with Crippen LogP contribution < -0.4 is 10.1 Å². The molecule has 1 aromatic heterocycles. The number of anilines is 1. The summed E-state index contributed by atoms with van der Waals surface area (Å²) in [5.74, 6) is 0.649. The van der Waals surface area contributed by atoms with Gasteiger partial charge < -0.3 is 10.1 Å². The minimum Gasteiger partial charge on any atom is -0.480 e. The van der Waals surface area contributed by atoms with E-state index >= 15 is 0 Å². The molecule has 1 atom stereocenters. The van der Waals surface area contributed by atoms with E-state index in [1.165, 1.54) is 0 Å². The van der Waals surface area contributed by atoms with E-state index in [0.717, 1.165) is 24.1 Å². The summed E-state index contributed by atoms with van der Waals surface area (Å²) in [7, 11) is 1.64. The lowest BCUT2D eigenvalue weighted by Crippen LogP contribution is -2.15. The molecule has 1 unspecified atom stereocenters. The summed E-state index contributed by atoms with van der Waals surface area (Å²) >= 11 is 0. The van der Waals surface area contributed by atoms with Gasteiger partial charge >= 0.3 is 0 Å². The molecular formula is C13H20N2O. The van der Waals surface area contributed by atoms with Gasteiger partial charge in [0.15, 0.2) is 0 Å². The molecule has 1 heterocycles. The molecule has 1 rings (SSSR count). The van der Waals surface area contributed by atoms with Crippen molar-refractivity contribution in [3.63, 3.8) is 0 Å². The second kappa shape index (κ2) is 6.16. The number of aryl methyl sites for hydroxylation is 1. The first-order valence-electron chi connectivity index (χ1n) is 5.55. The fourth-order valence-electron chi connectivity index (χ4n) is 1.53. The van der Waals surface area contributed by atoms with Crippen molar-refractivity contribution in [2.45, 2.75) is 32.7 Å². The number of ether oxygens (including phenoxy) is 1. The van der Waals surface area contributed by atoms with Crippen molar-refractivity contribution in [3.8, 4) is 5.88 Å². The first-order chi connectivity index (χ1) is 7.67. The van der Waals surface area contributed by atoms with E-state index in [9.17, 15) is 0 Å². The topological polar surface area (TPSA) is 34.2 Å². The Kier molecular flexibility index (Phi) is 4.83. The summed E-state index contributed by atoms with van der Waals surface area (Å²) in [6.45, 7) is 7.89. The quantitative estimate of drug-likeness (QED) is 0.748. The molecular weight excluding hydrogens is 200 g/mol. The molecule has 0 radical (unpaired) electrons. The average molecular weight is 220 g/mol. The van der Waals surface area contributed by atoms with Crippen molar-refractivity contribution in [2.75, 3.05) is 12.4 Å². The Morgan fingerprint density at radius 3 is 3.00 bits per heavy atom. The minimum atomic E-state index is 0.385. The van der Waals surface area contributed by atoms with E-state index in [0.29, 0.717) is 11.9 Å². The minimum absolute atomic E-state index is 0.385. The Hall–Kier alpha value is -1.51. The highest BCUT2D eigenvalue weighted by Gasteiger charge is 2.07. The Bertz CT molecular complexity index is 350. The maximum absolute atomic E-state index is 5.21. The number of nitrogens with zero attached hydrogens (tertiary/aromatic N) is 1. The van der Waals surface area contributed by atoms with E-state index in [-0.39, 0.29) is 0 Å². The van der Waals surface area contributed by atoms with Crippen LogP contribution in [0.15, 0.2) is 24.9 Å². The molecule has 0 aliphatic heterocycles. The van der Waals surface area contributed by atoms with Crippen LogP contribution in [0.4, 0.5) is 5.69 Å². The molecule has 0 bridgehead atoms. The van der Waals surface area contributed by atoms with E-state index in [2.05, 4.69) is 29.9 Å². The maximum atomic E-state index is 5.21. The van der Waals surface area contributed by atoms with Crippen LogP contribution in [0.3, 0.4) is 0 Å². The summed E-state index contributed by atoms with van der Waals surface area (Å²) in [6.07, 6.45) is 5.80. The van der Waals surface area contributed by atoms with Gasteiger partial charge in [-0.05, 0) is 38.3 Å². The Morgan fingerprint density at radius 2 is 2.38 bits per heavy atom. The van der Waals surface area contributed by atoms with E-state index in [1.807, 2.05) is 13.0 Å². The van der Waals surface area contributed by atoms with Crippen molar-refractivity contribution in [1.29, 1.82) is 0 Å². The zero-order valence-electron chi connectivity index (χ0n) is 10.3. The highest BCUT2D eigenvalue weighted by Crippen LogP contribution is 2.23. The van der Waals surface area contributed by atoms with E-state index in [1.54, 1.807) is 13.3 Å². The van der Waals surface area contributed by atoms with Crippen molar-refractivity contribution in [2.24, 2.45) is 0 Å². The van der Waals surface area contributed by atoms with Crippen molar-refractivity contribution < 1.29 is 4.74 Å². The number of rotatable bonds is 6. The number of nitrogens with one attached hydrogen (secondary N) is 1. The van der Waals surface area contributed by atoms with Gasteiger partial charge in [0, 0.05) is 12.2 Å². The van der Waals surface area contributed by atoms with Crippen LogP contribution in [0, 0.1) is 6.92 Å². The molecule has 88 valence electrons. The monoisotopic (exact) mass is 220 g/mol. The fourth-order valence-corrected chi connectivity index (χ4v) is 1.53. The number of aromatic nitrogens is 1. The predicted molar refractivity (Wildman–Crippen MR) is 68.0 cm³/mol. The summed E-state index contributed by atoms with van der Waals surface area (Å²) in [5, 5.41) is 3.40. The maximum Gasteiger partial charge on any atom is 0.237 e. The Balaban J connectivity index is 2.70. The standard InChI is InChI=1S/C13H20N2O/c1-5-6-7-11(3)15-12-8-10(2)9-14-13(12)16-4/h5,8-9,11,15H,1,6-7H2,2-4H3. The van der Waals surface area contributed by atoms with Crippen molar-refractivity contribution in [1.82, 2.24) is 4.98 Å².